The fraction of sp³-hybridized carbons (Fsp3) is 0.312. The van der Waals surface area contributed by atoms with Crippen molar-refractivity contribution in [1.82, 2.24) is 0 Å². The molecule has 0 N–H and O–H groups in total. The standard InChI is InChI=1S/C16H14ClF3O2/c1-9-8-10(16(18,19)20)6-7-11(9)14-12(15(17)21)4-3-5-13(14)22-2/h3-9,11H,1-2H3. The first-order chi connectivity index (χ1) is 10.3. The highest BCUT2D eigenvalue weighted by molar-refractivity contribution is 6.68. The highest BCUT2D eigenvalue weighted by Gasteiger charge is 2.36. The summed E-state index contributed by atoms with van der Waals surface area (Å²) < 4.78 is 43.6. The number of carbonyl (C=O) groups excluding carboxylic acids is 1. The Balaban J connectivity index is 2.49. The minimum atomic E-state index is -4.39. The molecule has 2 atom stereocenters. The van der Waals surface area contributed by atoms with E-state index in [2.05, 4.69) is 0 Å². The van der Waals surface area contributed by atoms with Gasteiger partial charge in [0.15, 0.2) is 0 Å². The van der Waals surface area contributed by atoms with Crippen LogP contribution in [-0.2, 0) is 0 Å². The Morgan fingerprint density at radius 1 is 1.32 bits per heavy atom. The Bertz CT molecular complexity index is 647. The fourth-order valence-corrected chi connectivity index (χ4v) is 2.78. The molecule has 0 aromatic heterocycles. The second-order valence-corrected chi connectivity index (χ2v) is 5.40. The highest BCUT2D eigenvalue weighted by atomic mass is 35.5. The molecule has 0 radical (unpaired) electrons. The third-order valence-electron chi connectivity index (χ3n) is 3.65. The van der Waals surface area contributed by atoms with Gasteiger partial charge in [-0.05, 0) is 29.7 Å². The van der Waals surface area contributed by atoms with Gasteiger partial charge in [-0.25, -0.2) is 0 Å². The fourth-order valence-electron chi connectivity index (χ4n) is 2.61. The molecule has 1 aliphatic rings. The molecule has 0 saturated heterocycles. The lowest BCUT2D eigenvalue weighted by Gasteiger charge is -2.27. The van der Waals surface area contributed by atoms with Gasteiger partial charge in [0, 0.05) is 17.0 Å². The van der Waals surface area contributed by atoms with Gasteiger partial charge in [-0.3, -0.25) is 4.79 Å². The summed E-state index contributed by atoms with van der Waals surface area (Å²) in [5.41, 5.74) is 0.0579. The maximum absolute atomic E-state index is 12.8. The first-order valence-electron chi connectivity index (χ1n) is 6.59. The maximum atomic E-state index is 12.8. The van der Waals surface area contributed by atoms with E-state index in [1.807, 2.05) is 0 Å². The molecule has 0 saturated carbocycles. The summed E-state index contributed by atoms with van der Waals surface area (Å²) in [6.45, 7) is 1.66. The summed E-state index contributed by atoms with van der Waals surface area (Å²) in [7, 11) is 1.44. The summed E-state index contributed by atoms with van der Waals surface area (Å²) in [5, 5.41) is -0.667. The van der Waals surface area contributed by atoms with Crippen LogP contribution in [0, 0.1) is 5.92 Å². The number of ether oxygens (including phenoxy) is 1. The van der Waals surface area contributed by atoms with E-state index in [1.165, 1.54) is 19.3 Å². The Hall–Kier alpha value is -1.75. The third kappa shape index (κ3) is 3.19. The number of benzene rings is 1. The first kappa shape index (κ1) is 16.6. The maximum Gasteiger partial charge on any atom is 0.416 e. The van der Waals surface area contributed by atoms with Crippen LogP contribution >= 0.6 is 11.6 Å². The lowest BCUT2D eigenvalue weighted by Crippen LogP contribution is -2.19. The predicted octanol–water partition coefficient (Wildman–Crippen LogP) is 4.85. The van der Waals surface area contributed by atoms with Crippen LogP contribution in [0.2, 0.25) is 0 Å². The smallest absolute Gasteiger partial charge is 0.416 e. The van der Waals surface area contributed by atoms with Crippen LogP contribution in [-0.4, -0.2) is 18.5 Å². The van der Waals surface area contributed by atoms with E-state index in [9.17, 15) is 18.0 Å². The molecule has 22 heavy (non-hydrogen) atoms. The summed E-state index contributed by atoms with van der Waals surface area (Å²) in [5.74, 6) is -0.440. The molecular formula is C16H14ClF3O2. The zero-order valence-corrected chi connectivity index (χ0v) is 12.7. The molecule has 0 heterocycles. The summed E-state index contributed by atoms with van der Waals surface area (Å²) in [6, 6.07) is 4.81. The van der Waals surface area contributed by atoms with Crippen LogP contribution in [0.25, 0.3) is 0 Å². The Morgan fingerprint density at radius 3 is 2.50 bits per heavy atom. The molecule has 0 aliphatic heterocycles. The molecule has 1 aromatic carbocycles. The third-order valence-corrected chi connectivity index (χ3v) is 3.85. The van der Waals surface area contributed by atoms with Crippen LogP contribution in [0.1, 0.15) is 28.8 Å². The molecule has 2 rings (SSSR count). The molecule has 0 spiro atoms. The largest absolute Gasteiger partial charge is 0.496 e. The number of hydrogen-bond acceptors (Lipinski definition) is 2. The van der Waals surface area contributed by atoms with Gasteiger partial charge >= 0.3 is 6.18 Å². The van der Waals surface area contributed by atoms with Gasteiger partial charge in [-0.2, -0.15) is 13.2 Å². The van der Waals surface area contributed by atoms with Crippen molar-refractivity contribution in [2.45, 2.75) is 19.0 Å². The number of rotatable bonds is 3. The normalized spacial score (nSPS) is 21.5. The van der Waals surface area contributed by atoms with Gasteiger partial charge in [-0.1, -0.05) is 31.2 Å². The van der Waals surface area contributed by atoms with Crippen LogP contribution in [0.15, 0.2) is 42.0 Å². The Kier molecular flexibility index (Phi) is 4.66. The van der Waals surface area contributed by atoms with Gasteiger partial charge in [0.1, 0.15) is 5.75 Å². The van der Waals surface area contributed by atoms with E-state index in [-0.39, 0.29) is 5.56 Å². The van der Waals surface area contributed by atoms with E-state index in [1.54, 1.807) is 19.1 Å². The van der Waals surface area contributed by atoms with E-state index >= 15 is 0 Å². The van der Waals surface area contributed by atoms with E-state index < -0.39 is 28.8 Å². The molecular weight excluding hydrogens is 317 g/mol. The zero-order valence-electron chi connectivity index (χ0n) is 11.9. The second kappa shape index (κ2) is 6.16. The first-order valence-corrected chi connectivity index (χ1v) is 6.97. The van der Waals surface area contributed by atoms with E-state index in [0.717, 1.165) is 12.2 Å². The number of halogens is 4. The van der Waals surface area contributed by atoms with Crippen LogP contribution in [0.4, 0.5) is 13.2 Å². The average Bonchev–Trinajstić information content (AvgIpc) is 2.45. The topological polar surface area (TPSA) is 26.3 Å². The summed E-state index contributed by atoms with van der Waals surface area (Å²) >= 11 is 5.59. The van der Waals surface area contributed by atoms with Crippen molar-refractivity contribution >= 4 is 16.8 Å². The Labute approximate surface area is 131 Å². The monoisotopic (exact) mass is 330 g/mol. The van der Waals surface area contributed by atoms with Crippen molar-refractivity contribution in [3.05, 3.63) is 53.1 Å². The number of hydrogen-bond donors (Lipinski definition) is 0. The molecule has 0 fully saturated rings. The molecule has 118 valence electrons. The molecule has 6 heteroatoms. The number of allylic oxidation sites excluding steroid dienone is 4. The molecule has 2 nitrogen and oxygen atoms in total. The minimum absolute atomic E-state index is 0.242. The van der Waals surface area contributed by atoms with Crippen molar-refractivity contribution in [2.24, 2.45) is 5.92 Å². The van der Waals surface area contributed by atoms with Crippen LogP contribution < -0.4 is 4.74 Å². The quantitative estimate of drug-likeness (QED) is 0.740. The summed E-state index contributed by atoms with van der Waals surface area (Å²) in [4.78, 5) is 11.6. The van der Waals surface area contributed by atoms with E-state index in [4.69, 9.17) is 16.3 Å². The highest BCUT2D eigenvalue weighted by Crippen LogP contribution is 2.42. The molecule has 0 amide bonds. The average molecular weight is 331 g/mol. The number of methoxy groups -OCH3 is 1. The van der Waals surface area contributed by atoms with Crippen molar-refractivity contribution in [3.8, 4) is 5.75 Å². The van der Waals surface area contributed by atoms with Crippen molar-refractivity contribution in [2.75, 3.05) is 7.11 Å². The molecule has 0 bridgehead atoms. The predicted molar refractivity (Wildman–Crippen MR) is 78.4 cm³/mol. The summed E-state index contributed by atoms with van der Waals surface area (Å²) in [6.07, 6.45) is -0.768. The number of alkyl halides is 3. The van der Waals surface area contributed by atoms with Gasteiger partial charge < -0.3 is 4.74 Å². The van der Waals surface area contributed by atoms with Gasteiger partial charge in [0.05, 0.1) is 12.7 Å². The van der Waals surface area contributed by atoms with Crippen molar-refractivity contribution < 1.29 is 22.7 Å². The lowest BCUT2D eigenvalue weighted by molar-refractivity contribution is -0.0889. The molecule has 1 aliphatic carbocycles. The zero-order chi connectivity index (χ0) is 16.5. The van der Waals surface area contributed by atoms with Gasteiger partial charge in [0.2, 0.25) is 0 Å². The van der Waals surface area contributed by atoms with Gasteiger partial charge in [-0.15, -0.1) is 0 Å². The van der Waals surface area contributed by atoms with Gasteiger partial charge in [0.25, 0.3) is 5.24 Å². The van der Waals surface area contributed by atoms with Crippen LogP contribution in [0.3, 0.4) is 0 Å². The molecule has 2 unspecified atom stereocenters. The van der Waals surface area contributed by atoms with E-state index in [0.29, 0.717) is 11.3 Å². The second-order valence-electron chi connectivity index (χ2n) is 5.06. The lowest BCUT2D eigenvalue weighted by atomic mass is 9.80. The minimum Gasteiger partial charge on any atom is -0.496 e. The Morgan fingerprint density at radius 2 is 2.00 bits per heavy atom. The van der Waals surface area contributed by atoms with Crippen molar-refractivity contribution in [1.29, 1.82) is 0 Å². The molecule has 1 aromatic rings. The van der Waals surface area contributed by atoms with Crippen molar-refractivity contribution in [3.63, 3.8) is 0 Å². The SMILES string of the molecule is COc1cccc(C(=O)Cl)c1C1C=CC(C(F)(F)F)=CC1C. The number of carbonyl (C=O) groups is 1. The van der Waals surface area contributed by atoms with Crippen LogP contribution in [0.5, 0.6) is 5.75 Å².